The summed E-state index contributed by atoms with van der Waals surface area (Å²) in [5.41, 5.74) is 0.904. The monoisotopic (exact) mass is 442 g/mol. The molecule has 0 radical (unpaired) electrons. The molecular weight excluding hydrogens is 407 g/mol. The number of carbonyl (C=O) groups is 1. The molecule has 0 spiro atoms. The first kappa shape index (κ1) is 24.2. The zero-order chi connectivity index (χ0) is 23.0. The SMILES string of the molecule is CCCCOc1ccc(N(C)CCC2(O)CCN(CC(=O)c3ccc(F)cc3)CC2)cc1. The van der Waals surface area contributed by atoms with Crippen LogP contribution in [0.5, 0.6) is 5.75 Å². The number of carbonyl (C=O) groups excluding carboxylic acids is 1. The molecule has 1 N–H and O–H groups in total. The van der Waals surface area contributed by atoms with Crippen LogP contribution in [0.3, 0.4) is 0 Å². The first-order valence-electron chi connectivity index (χ1n) is 11.6. The van der Waals surface area contributed by atoms with Crippen molar-refractivity contribution in [3.05, 3.63) is 59.9 Å². The summed E-state index contributed by atoms with van der Waals surface area (Å²) >= 11 is 0. The van der Waals surface area contributed by atoms with Crippen molar-refractivity contribution in [3.8, 4) is 5.75 Å². The van der Waals surface area contributed by atoms with Crippen molar-refractivity contribution in [2.45, 2.75) is 44.6 Å². The molecular formula is C26H35FN2O3. The van der Waals surface area contributed by atoms with Crippen molar-refractivity contribution in [3.63, 3.8) is 0 Å². The summed E-state index contributed by atoms with van der Waals surface area (Å²) in [5.74, 6) is 0.528. The highest BCUT2D eigenvalue weighted by atomic mass is 19.1. The molecule has 1 heterocycles. The second kappa shape index (κ2) is 11.4. The molecule has 1 saturated heterocycles. The summed E-state index contributed by atoms with van der Waals surface area (Å²) in [6.07, 6.45) is 4.13. The number of ketones is 1. The smallest absolute Gasteiger partial charge is 0.176 e. The Morgan fingerprint density at radius 3 is 2.41 bits per heavy atom. The second-order valence-corrected chi connectivity index (χ2v) is 8.80. The Bertz CT molecular complexity index is 846. The topological polar surface area (TPSA) is 53.0 Å². The van der Waals surface area contributed by atoms with E-state index < -0.39 is 5.60 Å². The number of hydrogen-bond acceptors (Lipinski definition) is 5. The molecule has 0 bridgehead atoms. The fraction of sp³-hybridized carbons (Fsp3) is 0.500. The maximum atomic E-state index is 13.0. The Morgan fingerprint density at radius 1 is 1.12 bits per heavy atom. The fourth-order valence-corrected chi connectivity index (χ4v) is 3.94. The highest BCUT2D eigenvalue weighted by Crippen LogP contribution is 2.27. The Morgan fingerprint density at radius 2 is 1.78 bits per heavy atom. The fourth-order valence-electron chi connectivity index (χ4n) is 3.94. The second-order valence-electron chi connectivity index (χ2n) is 8.80. The van der Waals surface area contributed by atoms with Gasteiger partial charge in [-0.05, 0) is 74.2 Å². The van der Waals surface area contributed by atoms with E-state index in [0.29, 0.717) is 44.5 Å². The largest absolute Gasteiger partial charge is 0.494 e. The van der Waals surface area contributed by atoms with Crippen molar-refractivity contribution < 1.29 is 19.0 Å². The van der Waals surface area contributed by atoms with Gasteiger partial charge >= 0.3 is 0 Å². The number of benzene rings is 2. The van der Waals surface area contributed by atoms with Crippen LogP contribution in [0.4, 0.5) is 10.1 Å². The van der Waals surface area contributed by atoms with Gasteiger partial charge < -0.3 is 14.7 Å². The normalized spacial score (nSPS) is 16.0. The van der Waals surface area contributed by atoms with E-state index in [0.717, 1.165) is 37.4 Å². The molecule has 0 aromatic heterocycles. The molecule has 0 aliphatic carbocycles. The number of nitrogens with zero attached hydrogens (tertiary/aromatic N) is 2. The number of unbranched alkanes of at least 4 members (excludes halogenated alkanes) is 1. The molecule has 174 valence electrons. The summed E-state index contributed by atoms with van der Waals surface area (Å²) in [5, 5.41) is 11.0. The quantitative estimate of drug-likeness (QED) is 0.409. The van der Waals surface area contributed by atoms with E-state index in [1.807, 2.05) is 19.2 Å². The van der Waals surface area contributed by atoms with E-state index in [9.17, 15) is 14.3 Å². The lowest BCUT2D eigenvalue weighted by Gasteiger charge is -2.39. The van der Waals surface area contributed by atoms with E-state index in [1.165, 1.54) is 24.3 Å². The minimum absolute atomic E-state index is 0.0164. The number of aliphatic hydroxyl groups is 1. The number of piperidine rings is 1. The van der Waals surface area contributed by atoms with E-state index in [4.69, 9.17) is 4.74 Å². The lowest BCUT2D eigenvalue weighted by Crippen LogP contribution is -2.47. The minimum atomic E-state index is -0.715. The molecule has 0 atom stereocenters. The van der Waals surface area contributed by atoms with Crippen LogP contribution in [0.15, 0.2) is 48.5 Å². The molecule has 3 rings (SSSR count). The molecule has 2 aromatic carbocycles. The van der Waals surface area contributed by atoms with Gasteiger partial charge in [0.05, 0.1) is 18.8 Å². The van der Waals surface area contributed by atoms with Gasteiger partial charge in [-0.15, -0.1) is 0 Å². The third-order valence-corrected chi connectivity index (χ3v) is 6.28. The van der Waals surface area contributed by atoms with Crippen LogP contribution in [0.25, 0.3) is 0 Å². The average Bonchev–Trinajstić information content (AvgIpc) is 2.80. The predicted molar refractivity (Wildman–Crippen MR) is 126 cm³/mol. The van der Waals surface area contributed by atoms with Crippen LogP contribution in [-0.2, 0) is 0 Å². The number of halogens is 1. The molecule has 1 aliphatic rings. The third kappa shape index (κ3) is 7.04. The van der Waals surface area contributed by atoms with Crippen LogP contribution >= 0.6 is 0 Å². The molecule has 1 aliphatic heterocycles. The van der Waals surface area contributed by atoms with Crippen molar-refractivity contribution >= 4 is 11.5 Å². The van der Waals surface area contributed by atoms with Gasteiger partial charge in [0.15, 0.2) is 5.78 Å². The number of ether oxygens (including phenoxy) is 1. The van der Waals surface area contributed by atoms with Gasteiger partial charge in [-0.25, -0.2) is 4.39 Å². The van der Waals surface area contributed by atoms with Gasteiger partial charge in [0, 0.05) is 37.9 Å². The summed E-state index contributed by atoms with van der Waals surface area (Å²) in [7, 11) is 2.03. The maximum Gasteiger partial charge on any atom is 0.176 e. The van der Waals surface area contributed by atoms with E-state index in [-0.39, 0.29) is 11.6 Å². The van der Waals surface area contributed by atoms with E-state index >= 15 is 0 Å². The molecule has 5 nitrogen and oxygen atoms in total. The highest BCUT2D eigenvalue weighted by molar-refractivity contribution is 5.97. The van der Waals surface area contributed by atoms with Gasteiger partial charge in [0.2, 0.25) is 0 Å². The van der Waals surface area contributed by atoms with Crippen molar-refractivity contribution in [2.75, 3.05) is 44.7 Å². The average molecular weight is 443 g/mol. The first-order valence-corrected chi connectivity index (χ1v) is 11.6. The molecule has 0 unspecified atom stereocenters. The number of rotatable bonds is 11. The molecule has 0 amide bonds. The Balaban J connectivity index is 1.42. The van der Waals surface area contributed by atoms with Crippen LogP contribution in [-0.4, -0.2) is 61.2 Å². The van der Waals surface area contributed by atoms with Crippen molar-refractivity contribution in [2.24, 2.45) is 0 Å². The maximum absolute atomic E-state index is 13.0. The summed E-state index contributed by atoms with van der Waals surface area (Å²) in [6.45, 7) is 5.29. The summed E-state index contributed by atoms with van der Waals surface area (Å²) < 4.78 is 18.8. The highest BCUT2D eigenvalue weighted by Gasteiger charge is 2.32. The number of Topliss-reactive ketones (excluding diaryl/α,β-unsaturated/α-hetero) is 1. The van der Waals surface area contributed by atoms with Crippen LogP contribution in [0.2, 0.25) is 0 Å². The van der Waals surface area contributed by atoms with Gasteiger partial charge in [0.25, 0.3) is 0 Å². The number of hydrogen-bond donors (Lipinski definition) is 1. The molecule has 32 heavy (non-hydrogen) atoms. The van der Waals surface area contributed by atoms with Gasteiger partial charge in [-0.3, -0.25) is 9.69 Å². The number of anilines is 1. The number of likely N-dealkylation sites (tertiary alicyclic amines) is 1. The lowest BCUT2D eigenvalue weighted by molar-refractivity contribution is -0.0244. The summed E-state index contributed by atoms with van der Waals surface area (Å²) in [6, 6.07) is 13.8. The van der Waals surface area contributed by atoms with Crippen LogP contribution in [0, 0.1) is 5.82 Å². The Labute approximate surface area is 190 Å². The lowest BCUT2D eigenvalue weighted by atomic mass is 9.88. The van der Waals surface area contributed by atoms with E-state index in [2.05, 4.69) is 28.9 Å². The molecule has 2 aromatic rings. The Kier molecular flexibility index (Phi) is 8.65. The van der Waals surface area contributed by atoms with Crippen molar-refractivity contribution in [1.29, 1.82) is 0 Å². The standard InChI is InChI=1S/C26H35FN2O3/c1-3-4-19-32-24-11-9-23(10-12-24)28(2)16-13-26(31)14-17-29(18-15-26)20-25(30)21-5-7-22(27)8-6-21/h5-12,31H,3-4,13-20H2,1-2H3. The van der Waals surface area contributed by atoms with Crippen molar-refractivity contribution in [1.82, 2.24) is 4.90 Å². The van der Waals surface area contributed by atoms with E-state index in [1.54, 1.807) is 0 Å². The zero-order valence-electron chi connectivity index (χ0n) is 19.2. The molecule has 0 saturated carbocycles. The van der Waals surface area contributed by atoms with Gasteiger partial charge in [0.1, 0.15) is 11.6 Å². The zero-order valence-corrected chi connectivity index (χ0v) is 19.2. The van der Waals surface area contributed by atoms with Crippen LogP contribution < -0.4 is 9.64 Å². The predicted octanol–water partition coefficient (Wildman–Crippen LogP) is 4.54. The first-order chi connectivity index (χ1) is 15.4. The molecule has 1 fully saturated rings. The van der Waals surface area contributed by atoms with Gasteiger partial charge in [-0.2, -0.15) is 0 Å². The minimum Gasteiger partial charge on any atom is -0.494 e. The third-order valence-electron chi connectivity index (χ3n) is 6.28. The van der Waals surface area contributed by atoms with Crippen LogP contribution in [0.1, 0.15) is 49.4 Å². The molecule has 6 heteroatoms. The Hall–Kier alpha value is -2.44. The van der Waals surface area contributed by atoms with Gasteiger partial charge in [-0.1, -0.05) is 13.3 Å². The summed E-state index contributed by atoms with van der Waals surface area (Å²) in [4.78, 5) is 16.6.